The van der Waals surface area contributed by atoms with Crippen LogP contribution in [0.15, 0.2) is 61.2 Å². The number of aromatic nitrogens is 2. The second-order valence-corrected chi connectivity index (χ2v) is 6.22. The number of ether oxygens (including phenoxy) is 1. The van der Waals surface area contributed by atoms with Crippen molar-refractivity contribution in [3.05, 3.63) is 67.0 Å². The summed E-state index contributed by atoms with van der Waals surface area (Å²) in [6, 6.07) is 0. The number of halogens is 3. The molecule has 0 aliphatic carbocycles. The Morgan fingerprint density at radius 2 is 1.89 bits per heavy atom. The van der Waals surface area contributed by atoms with Crippen molar-refractivity contribution in [2.45, 2.75) is 25.9 Å². The van der Waals surface area contributed by atoms with E-state index in [4.69, 9.17) is 4.74 Å². The molecule has 0 unspecified atom stereocenters. The number of amides is 1. The first-order valence-corrected chi connectivity index (χ1v) is 8.76. The first-order chi connectivity index (χ1) is 13.3. The summed E-state index contributed by atoms with van der Waals surface area (Å²) in [6.45, 7) is 10.5. The molecule has 1 aliphatic rings. The Kier molecular flexibility index (Phi) is 7.14. The van der Waals surface area contributed by atoms with Crippen LogP contribution in [0.3, 0.4) is 0 Å². The van der Waals surface area contributed by atoms with Gasteiger partial charge in [0.1, 0.15) is 5.76 Å². The van der Waals surface area contributed by atoms with E-state index < -0.39 is 12.0 Å². The molecular formula is C20H22F3N3O2. The van der Waals surface area contributed by atoms with Crippen molar-refractivity contribution in [1.82, 2.24) is 14.9 Å². The molecule has 1 aliphatic heterocycles. The molecule has 28 heavy (non-hydrogen) atoms. The van der Waals surface area contributed by atoms with E-state index in [1.807, 2.05) is 25.2 Å². The fourth-order valence-electron chi connectivity index (χ4n) is 2.91. The van der Waals surface area contributed by atoms with E-state index >= 15 is 0 Å². The van der Waals surface area contributed by atoms with E-state index in [0.29, 0.717) is 18.8 Å². The molecule has 1 fully saturated rings. The van der Waals surface area contributed by atoms with Crippen molar-refractivity contribution >= 4 is 5.91 Å². The summed E-state index contributed by atoms with van der Waals surface area (Å²) in [6.07, 6.45) is 5.62. The number of rotatable bonds is 6. The molecule has 150 valence electrons. The van der Waals surface area contributed by atoms with Gasteiger partial charge in [-0.1, -0.05) is 31.4 Å². The monoisotopic (exact) mass is 393 g/mol. The first kappa shape index (κ1) is 21.4. The van der Waals surface area contributed by atoms with Crippen LogP contribution in [0.2, 0.25) is 0 Å². The van der Waals surface area contributed by atoms with E-state index in [0.717, 1.165) is 30.8 Å². The molecule has 8 heteroatoms. The minimum absolute atomic E-state index is 0.0728. The van der Waals surface area contributed by atoms with Gasteiger partial charge in [-0.3, -0.25) is 4.79 Å². The van der Waals surface area contributed by atoms with E-state index in [1.165, 1.54) is 6.08 Å². The number of carbonyl (C=O) groups excluding carboxylic acids is 1. The molecular weight excluding hydrogens is 371 g/mol. The van der Waals surface area contributed by atoms with E-state index in [-0.39, 0.29) is 17.6 Å². The summed E-state index contributed by atoms with van der Waals surface area (Å²) < 4.78 is 43.3. The maximum absolute atomic E-state index is 12.6. The molecule has 1 amide bonds. The van der Waals surface area contributed by atoms with Gasteiger partial charge in [0.2, 0.25) is 11.7 Å². The molecule has 1 saturated heterocycles. The second-order valence-electron chi connectivity index (χ2n) is 6.22. The first-order valence-electron chi connectivity index (χ1n) is 8.76. The van der Waals surface area contributed by atoms with Crippen LogP contribution >= 0.6 is 0 Å². The van der Waals surface area contributed by atoms with Gasteiger partial charge in [0.15, 0.2) is 5.75 Å². The zero-order chi connectivity index (χ0) is 20.7. The summed E-state index contributed by atoms with van der Waals surface area (Å²) in [7, 11) is 0. The lowest BCUT2D eigenvalue weighted by Gasteiger charge is -2.33. The molecule has 0 spiro atoms. The van der Waals surface area contributed by atoms with Gasteiger partial charge in [0.25, 0.3) is 0 Å². The van der Waals surface area contributed by atoms with Crippen LogP contribution in [0, 0.1) is 5.92 Å². The number of carbonyl (C=O) groups is 1. The van der Waals surface area contributed by atoms with E-state index in [9.17, 15) is 18.0 Å². The van der Waals surface area contributed by atoms with Crippen LogP contribution in [-0.2, 0) is 11.0 Å². The molecule has 0 bridgehead atoms. The van der Waals surface area contributed by atoms with Crippen LogP contribution in [0.4, 0.5) is 13.2 Å². The van der Waals surface area contributed by atoms with Gasteiger partial charge in [0, 0.05) is 13.1 Å². The highest BCUT2D eigenvalue weighted by molar-refractivity contribution is 5.87. The zero-order valence-electron chi connectivity index (χ0n) is 15.6. The largest absolute Gasteiger partial charge is 0.454 e. The van der Waals surface area contributed by atoms with E-state index in [2.05, 4.69) is 23.1 Å². The van der Waals surface area contributed by atoms with Crippen LogP contribution in [0.1, 0.15) is 25.6 Å². The molecule has 0 N–H and O–H groups in total. The Morgan fingerprint density at radius 3 is 2.39 bits per heavy atom. The Morgan fingerprint density at radius 1 is 1.29 bits per heavy atom. The molecule has 5 nitrogen and oxygen atoms in total. The van der Waals surface area contributed by atoms with Crippen molar-refractivity contribution in [2.75, 3.05) is 13.1 Å². The van der Waals surface area contributed by atoms with Gasteiger partial charge in [-0.2, -0.15) is 13.2 Å². The number of alkyl halides is 3. The lowest BCUT2D eigenvalue weighted by Crippen LogP contribution is -2.38. The van der Waals surface area contributed by atoms with E-state index in [1.54, 1.807) is 4.90 Å². The quantitative estimate of drug-likeness (QED) is 0.410. The highest BCUT2D eigenvalue weighted by Gasteiger charge is 2.34. The number of allylic oxidation sites excluding steroid dienone is 4. The number of hydrogen-bond acceptors (Lipinski definition) is 4. The van der Waals surface area contributed by atoms with Gasteiger partial charge in [-0.15, -0.1) is 0 Å². The smallest absolute Gasteiger partial charge is 0.451 e. The van der Waals surface area contributed by atoms with Crippen LogP contribution in [-0.4, -0.2) is 33.9 Å². The number of nitrogens with zero attached hydrogens (tertiary/aromatic N) is 3. The normalized spacial score (nSPS) is 16.3. The zero-order valence-corrected chi connectivity index (χ0v) is 15.6. The fourth-order valence-corrected chi connectivity index (χ4v) is 2.91. The predicted molar refractivity (Wildman–Crippen MR) is 99.2 cm³/mol. The third kappa shape index (κ3) is 5.55. The lowest BCUT2D eigenvalue weighted by molar-refractivity contribution is -0.145. The summed E-state index contributed by atoms with van der Waals surface area (Å²) in [5.74, 6) is -0.838. The Balaban J connectivity index is 2.10. The maximum Gasteiger partial charge on any atom is 0.451 e. The third-order valence-corrected chi connectivity index (χ3v) is 4.33. The standard InChI is InChI=1S/C20H22F3N3O2/c1-4-6-7-17(15-8-10-26(11-9-15)18(27)5-2)14(3)28-16-12-24-19(25-13-16)20(21,22)23/h4-7,12-13,15H,2-3,8-11H2,1H3/b6-4-,17-7+. The van der Waals surface area contributed by atoms with Crippen molar-refractivity contribution in [1.29, 1.82) is 0 Å². The Hall–Kier alpha value is -2.90. The lowest BCUT2D eigenvalue weighted by atomic mass is 9.87. The van der Waals surface area contributed by atoms with Crippen molar-refractivity contribution in [3.63, 3.8) is 0 Å². The van der Waals surface area contributed by atoms with Gasteiger partial charge in [0.05, 0.1) is 12.4 Å². The molecule has 0 aromatic carbocycles. The molecule has 1 aromatic heterocycles. The fraction of sp³-hybridized carbons (Fsp3) is 0.350. The molecule has 2 heterocycles. The predicted octanol–water partition coefficient (Wildman–Crippen LogP) is 4.32. The Bertz CT molecular complexity index is 775. The molecule has 0 saturated carbocycles. The summed E-state index contributed by atoms with van der Waals surface area (Å²) in [5.41, 5.74) is 0.823. The van der Waals surface area contributed by atoms with Crippen LogP contribution < -0.4 is 4.74 Å². The number of hydrogen-bond donors (Lipinski definition) is 0. The van der Waals surface area contributed by atoms with Gasteiger partial charge in [-0.05, 0) is 37.3 Å². The maximum atomic E-state index is 12.6. The topological polar surface area (TPSA) is 55.3 Å². The minimum atomic E-state index is -4.61. The molecule has 1 aromatic rings. The Labute approximate surface area is 161 Å². The summed E-state index contributed by atoms with van der Waals surface area (Å²) in [4.78, 5) is 20.0. The molecule has 2 rings (SSSR count). The number of likely N-dealkylation sites (tertiary alicyclic amines) is 1. The third-order valence-electron chi connectivity index (χ3n) is 4.33. The SMILES string of the molecule is C=CC(=O)N1CCC(/C(=C/C=C\C)C(=C)Oc2cnc(C(F)(F)F)nc2)CC1. The van der Waals surface area contributed by atoms with Crippen molar-refractivity contribution in [3.8, 4) is 5.75 Å². The highest BCUT2D eigenvalue weighted by Crippen LogP contribution is 2.31. The molecule has 0 atom stereocenters. The average Bonchev–Trinajstić information content (AvgIpc) is 2.68. The molecule has 0 radical (unpaired) electrons. The van der Waals surface area contributed by atoms with Crippen LogP contribution in [0.5, 0.6) is 5.75 Å². The van der Waals surface area contributed by atoms with Crippen molar-refractivity contribution < 1.29 is 22.7 Å². The minimum Gasteiger partial charge on any atom is -0.454 e. The second kappa shape index (κ2) is 9.34. The van der Waals surface area contributed by atoms with Crippen LogP contribution in [0.25, 0.3) is 0 Å². The van der Waals surface area contributed by atoms with Gasteiger partial charge < -0.3 is 9.64 Å². The highest BCUT2D eigenvalue weighted by atomic mass is 19.4. The summed E-state index contributed by atoms with van der Waals surface area (Å²) >= 11 is 0. The van der Waals surface area contributed by atoms with Gasteiger partial charge >= 0.3 is 6.18 Å². The number of piperidine rings is 1. The summed E-state index contributed by atoms with van der Waals surface area (Å²) in [5, 5.41) is 0. The average molecular weight is 393 g/mol. The van der Waals surface area contributed by atoms with Gasteiger partial charge in [-0.25, -0.2) is 9.97 Å². The van der Waals surface area contributed by atoms with Crippen molar-refractivity contribution in [2.24, 2.45) is 5.92 Å².